The number of hydrogen-bond donors (Lipinski definition) is 2. The first-order valence-electron chi connectivity index (χ1n) is 8.64. The Hall–Kier alpha value is -3.98. The van der Waals surface area contributed by atoms with Gasteiger partial charge >= 0.3 is 11.9 Å². The highest BCUT2D eigenvalue weighted by Crippen LogP contribution is 2.25. The Bertz CT molecular complexity index is 1170. The number of imidazole rings is 1. The zero-order chi connectivity index (χ0) is 21.5. The van der Waals surface area contributed by atoms with E-state index in [4.69, 9.17) is 29.5 Å². The van der Waals surface area contributed by atoms with E-state index in [0.717, 1.165) is 34.0 Å². The van der Waals surface area contributed by atoms with E-state index in [1.165, 1.54) is 0 Å². The molecule has 3 aromatic heterocycles. The number of thiophene rings is 1. The molecule has 8 nitrogen and oxygen atoms in total. The lowest BCUT2D eigenvalue weighted by Gasteiger charge is -2.06. The van der Waals surface area contributed by atoms with Crippen molar-refractivity contribution in [1.29, 1.82) is 0 Å². The van der Waals surface area contributed by atoms with Gasteiger partial charge in [0, 0.05) is 12.3 Å². The van der Waals surface area contributed by atoms with E-state index in [-0.39, 0.29) is 0 Å². The van der Waals surface area contributed by atoms with Gasteiger partial charge in [0.15, 0.2) is 0 Å². The fourth-order valence-electron chi connectivity index (χ4n) is 2.58. The number of carboxylic acids is 2. The van der Waals surface area contributed by atoms with E-state index < -0.39 is 11.9 Å². The van der Waals surface area contributed by atoms with Crippen LogP contribution in [0.15, 0.2) is 59.4 Å². The van der Waals surface area contributed by atoms with E-state index in [0.29, 0.717) is 0 Å². The summed E-state index contributed by atoms with van der Waals surface area (Å²) in [6.07, 6.45) is 5.87. The largest absolute Gasteiger partial charge is 0.497 e. The highest BCUT2D eigenvalue weighted by molar-refractivity contribution is 7.08. The quantitative estimate of drug-likeness (QED) is 0.480. The minimum absolute atomic E-state index is 0.793. The molecule has 0 fully saturated rings. The molecule has 0 radical (unpaired) electrons. The lowest BCUT2D eigenvalue weighted by molar-refractivity contribution is -0.159. The van der Waals surface area contributed by atoms with Gasteiger partial charge in [-0.15, -0.1) is 0 Å². The maximum absolute atomic E-state index is 9.10. The minimum atomic E-state index is -1.82. The van der Waals surface area contributed by atoms with Gasteiger partial charge in [-0.1, -0.05) is 12.1 Å². The van der Waals surface area contributed by atoms with E-state index in [1.807, 2.05) is 42.5 Å². The van der Waals surface area contributed by atoms with Crippen LogP contribution in [0.5, 0.6) is 5.75 Å². The number of methoxy groups -OCH3 is 1. The monoisotopic (exact) mass is 423 g/mol. The van der Waals surface area contributed by atoms with Gasteiger partial charge in [-0.2, -0.15) is 11.3 Å². The third-order valence-corrected chi connectivity index (χ3v) is 4.62. The number of carbonyl (C=O) groups is 2. The summed E-state index contributed by atoms with van der Waals surface area (Å²) in [5.74, 6) is -1.18. The number of pyridine rings is 1. The van der Waals surface area contributed by atoms with Crippen LogP contribution in [0, 0.1) is 0 Å². The molecule has 9 heteroatoms. The van der Waals surface area contributed by atoms with Crippen LogP contribution in [0.3, 0.4) is 0 Å². The van der Waals surface area contributed by atoms with Crippen molar-refractivity contribution in [2.45, 2.75) is 0 Å². The molecule has 0 atom stereocenters. The van der Waals surface area contributed by atoms with Crippen LogP contribution in [-0.4, -0.2) is 43.8 Å². The molecular weight excluding hydrogens is 406 g/mol. The molecule has 0 spiro atoms. The first-order chi connectivity index (χ1) is 14.5. The second-order valence-electron chi connectivity index (χ2n) is 5.85. The zero-order valence-electron chi connectivity index (χ0n) is 15.8. The molecule has 0 saturated heterocycles. The van der Waals surface area contributed by atoms with Crippen molar-refractivity contribution >= 4 is 46.5 Å². The number of aromatic nitrogens is 3. The smallest absolute Gasteiger partial charge is 0.414 e. The summed E-state index contributed by atoms with van der Waals surface area (Å²) in [4.78, 5) is 27.4. The second kappa shape index (κ2) is 9.48. The van der Waals surface area contributed by atoms with Gasteiger partial charge in [0.1, 0.15) is 17.4 Å². The average Bonchev–Trinajstić information content (AvgIpc) is 3.40. The minimum Gasteiger partial charge on any atom is -0.497 e. The van der Waals surface area contributed by atoms with Crippen LogP contribution in [0.4, 0.5) is 0 Å². The molecule has 4 rings (SSSR count). The maximum atomic E-state index is 9.10. The van der Waals surface area contributed by atoms with E-state index in [9.17, 15) is 0 Å². The molecule has 0 aliphatic carbocycles. The Morgan fingerprint density at radius 1 is 1.10 bits per heavy atom. The molecule has 0 aliphatic rings. The van der Waals surface area contributed by atoms with E-state index >= 15 is 0 Å². The van der Waals surface area contributed by atoms with Gasteiger partial charge in [0.25, 0.3) is 0 Å². The van der Waals surface area contributed by atoms with Crippen molar-refractivity contribution in [2.24, 2.45) is 0 Å². The number of benzene rings is 1. The highest BCUT2D eigenvalue weighted by atomic mass is 32.1. The van der Waals surface area contributed by atoms with Crippen molar-refractivity contribution in [3.8, 4) is 11.6 Å². The highest BCUT2D eigenvalue weighted by Gasteiger charge is 2.12. The summed E-state index contributed by atoms with van der Waals surface area (Å²) in [6, 6.07) is 13.8. The molecule has 0 amide bonds. The molecule has 3 heterocycles. The van der Waals surface area contributed by atoms with E-state index in [1.54, 1.807) is 24.6 Å². The fraction of sp³-hybridized carbons (Fsp3) is 0.0476. The standard InChI is InChI=1S/C19H15N3OS.C2H2O4/c1-23-15-6-7-17-16(12-15)21-19(8-5-14-9-11-24-13-14)22(17)18-4-2-3-10-20-18;3-1(4)2(5)6/h2-13H,1H3;(H,3,4)(H,5,6)/b8-5+;. The third-order valence-electron chi connectivity index (χ3n) is 3.92. The SMILES string of the molecule is COc1ccc2c(c1)nc(/C=C/c1ccsc1)n2-c1ccccn1.O=C(O)C(=O)O. The summed E-state index contributed by atoms with van der Waals surface area (Å²) in [6.45, 7) is 0. The molecule has 1 aromatic carbocycles. The summed E-state index contributed by atoms with van der Waals surface area (Å²) < 4.78 is 7.37. The zero-order valence-corrected chi connectivity index (χ0v) is 16.6. The molecule has 152 valence electrons. The van der Waals surface area contributed by atoms with Crippen molar-refractivity contribution < 1.29 is 24.5 Å². The maximum Gasteiger partial charge on any atom is 0.414 e. The molecular formula is C21H17N3O5S. The Labute approximate surface area is 175 Å². The van der Waals surface area contributed by atoms with Crippen molar-refractivity contribution in [3.05, 3.63) is 70.8 Å². The van der Waals surface area contributed by atoms with Gasteiger partial charge in [-0.3, -0.25) is 4.57 Å². The summed E-state index contributed by atoms with van der Waals surface area (Å²) in [5, 5.41) is 18.9. The van der Waals surface area contributed by atoms with Crippen LogP contribution >= 0.6 is 11.3 Å². The molecule has 2 N–H and O–H groups in total. The lowest BCUT2D eigenvalue weighted by Crippen LogP contribution is -2.09. The Kier molecular flexibility index (Phi) is 6.56. The van der Waals surface area contributed by atoms with Crippen LogP contribution in [0.25, 0.3) is 29.0 Å². The molecule has 0 aliphatic heterocycles. The molecule has 0 bridgehead atoms. The van der Waals surface area contributed by atoms with Gasteiger partial charge < -0.3 is 14.9 Å². The van der Waals surface area contributed by atoms with Crippen LogP contribution in [0.1, 0.15) is 11.4 Å². The van der Waals surface area contributed by atoms with Crippen LogP contribution < -0.4 is 4.74 Å². The van der Waals surface area contributed by atoms with Crippen molar-refractivity contribution in [2.75, 3.05) is 7.11 Å². The van der Waals surface area contributed by atoms with Crippen LogP contribution in [0.2, 0.25) is 0 Å². The number of rotatable bonds is 4. The average molecular weight is 423 g/mol. The van der Waals surface area contributed by atoms with Gasteiger partial charge in [0.2, 0.25) is 0 Å². The molecule has 30 heavy (non-hydrogen) atoms. The van der Waals surface area contributed by atoms with E-state index in [2.05, 4.69) is 32.5 Å². The fourth-order valence-corrected chi connectivity index (χ4v) is 3.21. The first kappa shape index (κ1) is 20.7. The van der Waals surface area contributed by atoms with Gasteiger partial charge in [0.05, 0.1) is 18.1 Å². The summed E-state index contributed by atoms with van der Waals surface area (Å²) in [5.41, 5.74) is 3.04. The molecule has 0 saturated carbocycles. The van der Waals surface area contributed by atoms with Gasteiger partial charge in [-0.05, 0) is 52.7 Å². The van der Waals surface area contributed by atoms with Crippen molar-refractivity contribution in [3.63, 3.8) is 0 Å². The second-order valence-corrected chi connectivity index (χ2v) is 6.63. The number of fused-ring (bicyclic) bond motifs is 1. The predicted octanol–water partition coefficient (Wildman–Crippen LogP) is 3.82. The van der Waals surface area contributed by atoms with Crippen molar-refractivity contribution in [1.82, 2.24) is 14.5 Å². The number of carboxylic acid groups (broad SMARTS) is 2. The normalized spacial score (nSPS) is 10.6. The summed E-state index contributed by atoms with van der Waals surface area (Å²) >= 11 is 1.68. The van der Waals surface area contributed by atoms with Gasteiger partial charge in [-0.25, -0.2) is 19.6 Å². The Balaban J connectivity index is 0.000000377. The lowest BCUT2D eigenvalue weighted by atomic mass is 10.3. The Morgan fingerprint density at radius 2 is 1.90 bits per heavy atom. The number of aliphatic carboxylic acids is 2. The van der Waals surface area contributed by atoms with Crippen LogP contribution in [-0.2, 0) is 9.59 Å². The predicted molar refractivity (Wildman–Crippen MR) is 114 cm³/mol. The molecule has 4 aromatic rings. The number of ether oxygens (including phenoxy) is 1. The third kappa shape index (κ3) is 4.89. The molecule has 0 unspecified atom stereocenters. The number of nitrogens with zero attached hydrogens (tertiary/aromatic N) is 3. The first-order valence-corrected chi connectivity index (χ1v) is 9.58. The summed E-state index contributed by atoms with van der Waals surface area (Å²) in [7, 11) is 1.66. The topological polar surface area (TPSA) is 115 Å². The number of hydrogen-bond acceptors (Lipinski definition) is 6. The Morgan fingerprint density at radius 3 is 2.50 bits per heavy atom.